The molecule has 4 aromatic rings. The van der Waals surface area contributed by atoms with E-state index in [-0.39, 0.29) is 17.4 Å². The van der Waals surface area contributed by atoms with Gasteiger partial charge in [0.2, 0.25) is 5.91 Å². The molecule has 0 aliphatic rings. The molecule has 4 rings (SSSR count). The van der Waals surface area contributed by atoms with Crippen molar-refractivity contribution in [3.63, 3.8) is 0 Å². The molecule has 0 spiro atoms. The van der Waals surface area contributed by atoms with E-state index in [2.05, 4.69) is 15.6 Å². The van der Waals surface area contributed by atoms with E-state index in [4.69, 9.17) is 4.74 Å². The first-order chi connectivity index (χ1) is 16.4. The monoisotopic (exact) mass is 476 g/mol. The molecule has 34 heavy (non-hydrogen) atoms. The number of ether oxygens (including phenoxy) is 1. The Morgan fingerprint density at radius 1 is 1.09 bits per heavy atom. The predicted octanol–water partition coefficient (Wildman–Crippen LogP) is 4.62. The summed E-state index contributed by atoms with van der Waals surface area (Å²) < 4.78 is 6.83. The maximum absolute atomic E-state index is 13.3. The van der Waals surface area contributed by atoms with Gasteiger partial charge in [0.1, 0.15) is 16.6 Å². The lowest BCUT2D eigenvalue weighted by molar-refractivity contribution is -0.118. The highest BCUT2D eigenvalue weighted by molar-refractivity contribution is 7.20. The predicted molar refractivity (Wildman–Crippen MR) is 134 cm³/mol. The molecule has 0 aliphatic carbocycles. The number of amides is 2. The van der Waals surface area contributed by atoms with Gasteiger partial charge in [-0.3, -0.25) is 19.0 Å². The fourth-order valence-electron chi connectivity index (χ4n) is 3.55. The lowest BCUT2D eigenvalue weighted by Gasteiger charge is -2.16. The molecular weight excluding hydrogens is 452 g/mol. The number of thiophene rings is 1. The first-order valence-electron chi connectivity index (χ1n) is 10.8. The number of hydrogen-bond donors (Lipinski definition) is 2. The smallest absolute Gasteiger partial charge is 0.266 e. The molecule has 2 N–H and O–H groups in total. The maximum atomic E-state index is 13.3. The van der Waals surface area contributed by atoms with Crippen LogP contribution in [0, 0.1) is 6.92 Å². The van der Waals surface area contributed by atoms with Crippen molar-refractivity contribution in [1.82, 2.24) is 9.55 Å². The second-order valence-corrected chi connectivity index (χ2v) is 8.61. The van der Waals surface area contributed by atoms with Gasteiger partial charge < -0.3 is 15.4 Å². The molecule has 0 saturated heterocycles. The molecule has 8 nitrogen and oxygen atoms in total. The summed E-state index contributed by atoms with van der Waals surface area (Å²) in [6, 6.07) is 15.4. The minimum atomic E-state index is -0.833. The van der Waals surface area contributed by atoms with Crippen LogP contribution >= 0.6 is 11.3 Å². The van der Waals surface area contributed by atoms with Crippen molar-refractivity contribution in [3.8, 4) is 5.75 Å². The van der Waals surface area contributed by atoms with Crippen LogP contribution in [0.15, 0.2) is 65.7 Å². The van der Waals surface area contributed by atoms with E-state index in [1.54, 1.807) is 44.2 Å². The second-order valence-electron chi connectivity index (χ2n) is 7.61. The zero-order chi connectivity index (χ0) is 24.2. The minimum Gasteiger partial charge on any atom is -0.492 e. The SMILES string of the molecule is CCOc1ccccc1NC(=O)C(C)n1cnc2sc(C(=O)Nc3ccccc3)c(C)c2c1=O. The third kappa shape index (κ3) is 4.55. The number of nitrogens with one attached hydrogen (secondary N) is 2. The largest absolute Gasteiger partial charge is 0.492 e. The Morgan fingerprint density at radius 3 is 2.53 bits per heavy atom. The first-order valence-corrected chi connectivity index (χ1v) is 11.6. The number of hydrogen-bond acceptors (Lipinski definition) is 6. The lowest BCUT2D eigenvalue weighted by Crippen LogP contribution is -2.32. The average Bonchev–Trinajstić information content (AvgIpc) is 3.18. The summed E-state index contributed by atoms with van der Waals surface area (Å²) in [7, 11) is 0. The van der Waals surface area contributed by atoms with E-state index in [1.807, 2.05) is 31.2 Å². The summed E-state index contributed by atoms with van der Waals surface area (Å²) in [6.07, 6.45) is 1.35. The summed E-state index contributed by atoms with van der Waals surface area (Å²) in [4.78, 5) is 44.3. The van der Waals surface area contributed by atoms with Crippen LogP contribution in [0.25, 0.3) is 10.2 Å². The fraction of sp³-hybridized carbons (Fsp3) is 0.200. The number of anilines is 2. The van der Waals surface area contributed by atoms with Crippen LogP contribution in [0.2, 0.25) is 0 Å². The van der Waals surface area contributed by atoms with Crippen LogP contribution in [-0.4, -0.2) is 28.0 Å². The number of nitrogens with zero attached hydrogens (tertiary/aromatic N) is 2. The molecule has 2 aromatic carbocycles. The number of rotatable bonds is 7. The van der Waals surface area contributed by atoms with Gasteiger partial charge in [-0.1, -0.05) is 30.3 Å². The lowest BCUT2D eigenvalue weighted by atomic mass is 10.2. The van der Waals surface area contributed by atoms with Gasteiger partial charge in [0.25, 0.3) is 11.5 Å². The Hall–Kier alpha value is -3.98. The van der Waals surface area contributed by atoms with Crippen molar-refractivity contribution in [2.75, 3.05) is 17.2 Å². The Labute approximate surface area is 200 Å². The van der Waals surface area contributed by atoms with Crippen molar-refractivity contribution in [1.29, 1.82) is 0 Å². The molecule has 0 bridgehead atoms. The summed E-state index contributed by atoms with van der Waals surface area (Å²) in [5.41, 5.74) is 1.34. The average molecular weight is 477 g/mol. The van der Waals surface area contributed by atoms with Gasteiger partial charge in [-0.25, -0.2) is 4.98 Å². The molecule has 1 atom stereocenters. The Bertz CT molecular complexity index is 1410. The number of benzene rings is 2. The van der Waals surface area contributed by atoms with Crippen molar-refractivity contribution in [2.24, 2.45) is 0 Å². The molecule has 2 amide bonds. The Kier molecular flexibility index (Phi) is 6.74. The molecule has 1 unspecified atom stereocenters. The summed E-state index contributed by atoms with van der Waals surface area (Å²) in [5, 5.41) is 5.99. The van der Waals surface area contributed by atoms with Gasteiger partial charge in [-0.15, -0.1) is 11.3 Å². The van der Waals surface area contributed by atoms with Gasteiger partial charge >= 0.3 is 0 Å². The standard InChI is InChI=1S/C25H24N4O4S/c1-4-33-19-13-9-8-12-18(19)28-22(30)16(3)29-14-26-24-20(25(29)32)15(2)21(34-24)23(31)27-17-10-6-5-7-11-17/h5-14,16H,4H2,1-3H3,(H,27,31)(H,28,30). The van der Waals surface area contributed by atoms with E-state index < -0.39 is 6.04 Å². The number of aromatic nitrogens is 2. The fourth-order valence-corrected chi connectivity index (χ4v) is 4.59. The number of carbonyl (C=O) groups excluding carboxylic acids is 2. The Balaban J connectivity index is 1.62. The van der Waals surface area contributed by atoms with Crippen LogP contribution < -0.4 is 20.9 Å². The van der Waals surface area contributed by atoms with Crippen LogP contribution in [0.4, 0.5) is 11.4 Å². The maximum Gasteiger partial charge on any atom is 0.266 e. The van der Waals surface area contributed by atoms with Gasteiger partial charge in [0, 0.05) is 5.69 Å². The van der Waals surface area contributed by atoms with Gasteiger partial charge in [-0.2, -0.15) is 0 Å². The molecule has 0 saturated carbocycles. The first kappa shape index (κ1) is 23.2. The van der Waals surface area contributed by atoms with Crippen LogP contribution in [0.5, 0.6) is 5.75 Å². The van der Waals surface area contributed by atoms with E-state index >= 15 is 0 Å². The molecule has 0 radical (unpaired) electrons. The molecule has 9 heteroatoms. The number of fused-ring (bicyclic) bond motifs is 1. The zero-order valence-corrected chi connectivity index (χ0v) is 19.8. The Morgan fingerprint density at radius 2 is 1.79 bits per heavy atom. The van der Waals surface area contributed by atoms with Crippen LogP contribution in [-0.2, 0) is 4.79 Å². The van der Waals surface area contributed by atoms with Gasteiger partial charge in [0.15, 0.2) is 0 Å². The number of carbonyl (C=O) groups is 2. The third-order valence-corrected chi connectivity index (χ3v) is 6.55. The minimum absolute atomic E-state index is 0.309. The van der Waals surface area contributed by atoms with Crippen LogP contribution in [0.3, 0.4) is 0 Å². The van der Waals surface area contributed by atoms with Crippen molar-refractivity contribution in [2.45, 2.75) is 26.8 Å². The van der Waals surface area contributed by atoms with Crippen LogP contribution in [0.1, 0.15) is 35.1 Å². The van der Waals surface area contributed by atoms with E-state index in [0.717, 1.165) is 11.3 Å². The third-order valence-electron chi connectivity index (χ3n) is 5.36. The van der Waals surface area contributed by atoms with Crippen molar-refractivity contribution < 1.29 is 14.3 Å². The second kappa shape index (κ2) is 9.88. The highest BCUT2D eigenvalue weighted by atomic mass is 32.1. The normalized spacial score (nSPS) is 11.7. The van der Waals surface area contributed by atoms with Gasteiger partial charge in [0.05, 0.1) is 28.9 Å². The number of para-hydroxylation sites is 3. The van der Waals surface area contributed by atoms with E-state index in [9.17, 15) is 14.4 Å². The quantitative estimate of drug-likeness (QED) is 0.405. The van der Waals surface area contributed by atoms with Gasteiger partial charge in [-0.05, 0) is 50.6 Å². The molecule has 0 aliphatic heterocycles. The highest BCUT2D eigenvalue weighted by Gasteiger charge is 2.23. The molecule has 174 valence electrons. The summed E-state index contributed by atoms with van der Waals surface area (Å²) in [6.45, 7) is 5.66. The van der Waals surface area contributed by atoms with Crippen molar-refractivity contribution in [3.05, 3.63) is 81.7 Å². The number of aryl methyl sites for hydroxylation is 1. The molecule has 2 aromatic heterocycles. The summed E-state index contributed by atoms with van der Waals surface area (Å²) >= 11 is 1.15. The molecular formula is C25H24N4O4S. The van der Waals surface area contributed by atoms with E-state index in [1.165, 1.54) is 10.9 Å². The topological polar surface area (TPSA) is 102 Å². The molecule has 0 fully saturated rings. The summed E-state index contributed by atoms with van der Waals surface area (Å²) in [5.74, 6) is -0.143. The zero-order valence-electron chi connectivity index (χ0n) is 19.0. The van der Waals surface area contributed by atoms with Crippen molar-refractivity contribution >= 4 is 44.7 Å². The highest BCUT2D eigenvalue weighted by Crippen LogP contribution is 2.28. The molecule has 2 heterocycles. The van der Waals surface area contributed by atoms with E-state index in [0.29, 0.717) is 44.4 Å².